The van der Waals surface area contributed by atoms with E-state index >= 15 is 0 Å². The van der Waals surface area contributed by atoms with Crippen LogP contribution in [0.1, 0.15) is 48.6 Å². The Labute approximate surface area is 99.5 Å². The number of hydrogen-bond donors (Lipinski definition) is 1. The molecule has 2 aliphatic rings. The quantitative estimate of drug-likeness (QED) is 0.871. The van der Waals surface area contributed by atoms with Crippen molar-refractivity contribution in [1.82, 2.24) is 0 Å². The fraction of sp³-hybridized carbons (Fsp3) is 0.500. The van der Waals surface area contributed by atoms with Gasteiger partial charge in [-0.2, -0.15) is 0 Å². The predicted octanol–water partition coefficient (Wildman–Crippen LogP) is 3.28. The summed E-state index contributed by atoms with van der Waals surface area (Å²) in [4.78, 5) is 10.9. The lowest BCUT2D eigenvalue weighted by Crippen LogP contribution is -2.03. The van der Waals surface area contributed by atoms with Gasteiger partial charge in [0.1, 0.15) is 5.82 Å². The van der Waals surface area contributed by atoms with Crippen LogP contribution in [0.15, 0.2) is 18.2 Å². The lowest BCUT2D eigenvalue weighted by Gasteiger charge is -2.09. The van der Waals surface area contributed by atoms with Crippen LogP contribution < -0.4 is 0 Å². The number of carboxylic acids is 1. The molecule has 0 radical (unpaired) electrons. The Balaban J connectivity index is 1.95. The topological polar surface area (TPSA) is 37.3 Å². The minimum atomic E-state index is -0.762. The zero-order chi connectivity index (χ0) is 12.0. The number of carboxylic acid groups (broad SMARTS) is 1. The van der Waals surface area contributed by atoms with Crippen molar-refractivity contribution in [3.8, 4) is 0 Å². The van der Waals surface area contributed by atoms with E-state index in [4.69, 9.17) is 5.11 Å². The van der Waals surface area contributed by atoms with Gasteiger partial charge in [0.05, 0.1) is 6.42 Å². The highest BCUT2D eigenvalue weighted by atomic mass is 19.1. The molecule has 2 nitrogen and oxygen atoms in total. The summed E-state index contributed by atoms with van der Waals surface area (Å²) in [6.45, 7) is 0. The maximum atomic E-state index is 13.3. The molecule has 0 saturated heterocycles. The highest BCUT2D eigenvalue weighted by Gasteiger charge is 2.40. The van der Waals surface area contributed by atoms with Crippen LogP contribution in [0, 0.1) is 11.7 Å². The molecule has 2 atom stereocenters. The summed E-state index contributed by atoms with van der Waals surface area (Å²) in [6.07, 6.45) is 3.47. The van der Waals surface area contributed by atoms with Gasteiger partial charge in [-0.25, -0.2) is 4.39 Å². The molecule has 1 saturated carbocycles. The van der Waals surface area contributed by atoms with Crippen molar-refractivity contribution in [2.45, 2.75) is 37.5 Å². The van der Waals surface area contributed by atoms with E-state index in [0.29, 0.717) is 11.8 Å². The van der Waals surface area contributed by atoms with Crippen molar-refractivity contribution in [2.75, 3.05) is 0 Å². The predicted molar refractivity (Wildman–Crippen MR) is 61.5 cm³/mol. The maximum absolute atomic E-state index is 13.3. The Morgan fingerprint density at radius 3 is 2.76 bits per heavy atom. The average Bonchev–Trinajstić information content (AvgIpc) is 3.03. The van der Waals surface area contributed by atoms with E-state index in [1.807, 2.05) is 0 Å². The number of halogens is 1. The van der Waals surface area contributed by atoms with E-state index in [9.17, 15) is 9.18 Å². The van der Waals surface area contributed by atoms with Crippen LogP contribution in [0.2, 0.25) is 0 Å². The molecule has 17 heavy (non-hydrogen) atoms. The molecule has 0 bridgehead atoms. The van der Waals surface area contributed by atoms with E-state index in [2.05, 4.69) is 0 Å². The molecule has 2 aliphatic carbocycles. The van der Waals surface area contributed by atoms with Gasteiger partial charge in [-0.05, 0) is 60.3 Å². The summed E-state index contributed by atoms with van der Waals surface area (Å²) in [6, 6.07) is 4.84. The smallest absolute Gasteiger partial charge is 0.303 e. The van der Waals surface area contributed by atoms with Crippen LogP contribution >= 0.6 is 0 Å². The zero-order valence-electron chi connectivity index (χ0n) is 9.53. The molecule has 90 valence electrons. The summed E-state index contributed by atoms with van der Waals surface area (Å²) in [5.74, 6) is 0.167. The Bertz CT molecular complexity index is 465. The number of aliphatic carboxylic acids is 1. The molecule has 3 heteroatoms. The van der Waals surface area contributed by atoms with Gasteiger partial charge in [0, 0.05) is 0 Å². The Morgan fingerprint density at radius 2 is 2.12 bits per heavy atom. The van der Waals surface area contributed by atoms with Crippen LogP contribution in [0.25, 0.3) is 0 Å². The molecule has 1 fully saturated rings. The first-order valence-electron chi connectivity index (χ1n) is 6.16. The first-order chi connectivity index (χ1) is 8.15. The van der Waals surface area contributed by atoms with Crippen LogP contribution in [-0.4, -0.2) is 11.1 Å². The van der Waals surface area contributed by atoms with Crippen molar-refractivity contribution in [2.24, 2.45) is 5.92 Å². The summed E-state index contributed by atoms with van der Waals surface area (Å²) in [5.41, 5.74) is 2.13. The fourth-order valence-corrected chi connectivity index (χ4v) is 3.15. The standard InChI is InChI=1S/C14H15FO2/c15-10-3-4-11-9(6-14(16)17)5-12(8-1-2-8)13(11)7-10/h3-4,7-9,12H,1-2,5-6H2,(H,16,17). The van der Waals surface area contributed by atoms with Gasteiger partial charge in [0.2, 0.25) is 0 Å². The molecule has 0 spiro atoms. The molecular weight excluding hydrogens is 219 g/mol. The summed E-state index contributed by atoms with van der Waals surface area (Å²) >= 11 is 0. The molecule has 1 aromatic rings. The highest BCUT2D eigenvalue weighted by Crippen LogP contribution is 2.54. The third-order valence-corrected chi connectivity index (χ3v) is 4.04. The van der Waals surface area contributed by atoms with Gasteiger partial charge in [-0.15, -0.1) is 0 Å². The first-order valence-corrected chi connectivity index (χ1v) is 6.16. The molecular formula is C14H15FO2. The van der Waals surface area contributed by atoms with Gasteiger partial charge in [0.15, 0.2) is 0 Å². The lowest BCUT2D eigenvalue weighted by molar-refractivity contribution is -0.137. The van der Waals surface area contributed by atoms with Crippen molar-refractivity contribution >= 4 is 5.97 Å². The van der Waals surface area contributed by atoms with E-state index < -0.39 is 5.97 Å². The molecule has 3 rings (SSSR count). The van der Waals surface area contributed by atoms with Crippen LogP contribution in [0.5, 0.6) is 0 Å². The number of fused-ring (bicyclic) bond motifs is 1. The summed E-state index contributed by atoms with van der Waals surface area (Å²) in [5, 5.41) is 8.92. The molecule has 0 aliphatic heterocycles. The van der Waals surface area contributed by atoms with E-state index in [1.54, 1.807) is 12.1 Å². The van der Waals surface area contributed by atoms with Crippen LogP contribution in [0.3, 0.4) is 0 Å². The van der Waals surface area contributed by atoms with Crippen LogP contribution in [-0.2, 0) is 4.79 Å². The van der Waals surface area contributed by atoms with Crippen molar-refractivity contribution < 1.29 is 14.3 Å². The number of hydrogen-bond acceptors (Lipinski definition) is 1. The summed E-state index contributed by atoms with van der Waals surface area (Å²) < 4.78 is 13.3. The SMILES string of the molecule is O=C(O)CC1CC(C2CC2)c2cc(F)ccc21. The monoisotopic (exact) mass is 234 g/mol. The molecule has 2 unspecified atom stereocenters. The largest absolute Gasteiger partial charge is 0.481 e. The second kappa shape index (κ2) is 3.83. The third-order valence-electron chi connectivity index (χ3n) is 4.04. The Morgan fingerprint density at radius 1 is 1.35 bits per heavy atom. The van der Waals surface area contributed by atoms with Crippen LogP contribution in [0.4, 0.5) is 4.39 Å². The number of benzene rings is 1. The zero-order valence-corrected chi connectivity index (χ0v) is 9.53. The molecule has 1 aromatic carbocycles. The van der Waals surface area contributed by atoms with Gasteiger partial charge in [-0.3, -0.25) is 4.79 Å². The fourth-order valence-electron chi connectivity index (χ4n) is 3.15. The number of rotatable bonds is 3. The van der Waals surface area contributed by atoms with Crippen molar-refractivity contribution in [1.29, 1.82) is 0 Å². The van der Waals surface area contributed by atoms with Gasteiger partial charge >= 0.3 is 5.97 Å². The molecule has 1 N–H and O–H groups in total. The highest BCUT2D eigenvalue weighted by molar-refractivity contribution is 5.68. The number of carbonyl (C=O) groups is 1. The second-order valence-corrected chi connectivity index (χ2v) is 5.25. The lowest BCUT2D eigenvalue weighted by atomic mass is 9.95. The molecule has 0 amide bonds. The Kier molecular flexibility index (Phi) is 2.42. The molecule has 0 aromatic heterocycles. The van der Waals surface area contributed by atoms with Gasteiger partial charge < -0.3 is 5.11 Å². The van der Waals surface area contributed by atoms with Crippen molar-refractivity contribution in [3.05, 3.63) is 35.1 Å². The Hall–Kier alpha value is -1.38. The van der Waals surface area contributed by atoms with Gasteiger partial charge in [0.25, 0.3) is 0 Å². The first kappa shape index (κ1) is 10.8. The molecule has 0 heterocycles. The van der Waals surface area contributed by atoms with E-state index in [-0.39, 0.29) is 18.2 Å². The second-order valence-electron chi connectivity index (χ2n) is 5.25. The third kappa shape index (κ3) is 1.94. The van der Waals surface area contributed by atoms with Gasteiger partial charge in [-0.1, -0.05) is 6.07 Å². The maximum Gasteiger partial charge on any atom is 0.303 e. The summed E-state index contributed by atoms with van der Waals surface area (Å²) in [7, 11) is 0. The van der Waals surface area contributed by atoms with E-state index in [0.717, 1.165) is 17.5 Å². The van der Waals surface area contributed by atoms with Crippen molar-refractivity contribution in [3.63, 3.8) is 0 Å². The minimum absolute atomic E-state index is 0.0775. The minimum Gasteiger partial charge on any atom is -0.481 e. The van der Waals surface area contributed by atoms with E-state index in [1.165, 1.54) is 18.9 Å². The average molecular weight is 234 g/mol. The normalized spacial score (nSPS) is 26.9.